The van der Waals surface area contributed by atoms with Crippen molar-refractivity contribution in [1.82, 2.24) is 5.32 Å². The molecule has 6 heteroatoms. The number of rotatable bonds is 10. The minimum atomic E-state index is -0.822. The maximum absolute atomic E-state index is 11.8. The maximum Gasteiger partial charge on any atom is 0.303 e. The number of aryl methyl sites for hydroxylation is 1. The van der Waals surface area contributed by atoms with Crippen LogP contribution in [0.2, 0.25) is 0 Å². The van der Waals surface area contributed by atoms with Crippen LogP contribution in [0.25, 0.3) is 0 Å². The lowest BCUT2D eigenvalue weighted by atomic mass is 10.2. The Morgan fingerprint density at radius 2 is 1.88 bits per heavy atom. The van der Waals surface area contributed by atoms with E-state index in [2.05, 4.69) is 5.32 Å². The molecule has 24 heavy (non-hydrogen) atoms. The zero-order valence-corrected chi connectivity index (χ0v) is 13.4. The lowest BCUT2D eigenvalue weighted by Gasteiger charge is -2.08. The van der Waals surface area contributed by atoms with Crippen LogP contribution in [-0.2, 0) is 22.6 Å². The first-order valence-electron chi connectivity index (χ1n) is 7.85. The highest BCUT2D eigenvalue weighted by molar-refractivity contribution is 5.76. The minimum absolute atomic E-state index is 0.00908. The van der Waals surface area contributed by atoms with Crippen molar-refractivity contribution >= 4 is 11.9 Å². The molecular formula is C18H21NO5. The van der Waals surface area contributed by atoms with E-state index in [1.807, 2.05) is 30.3 Å². The molecule has 2 aromatic rings. The van der Waals surface area contributed by atoms with E-state index in [9.17, 15) is 9.59 Å². The third-order valence-corrected chi connectivity index (χ3v) is 3.44. The summed E-state index contributed by atoms with van der Waals surface area (Å²) in [5, 5.41) is 11.4. The molecule has 128 valence electrons. The molecule has 1 amide bonds. The Hall–Kier alpha value is -2.76. The molecule has 2 rings (SSSR count). The second kappa shape index (κ2) is 9.39. The average Bonchev–Trinajstić information content (AvgIpc) is 3.09. The van der Waals surface area contributed by atoms with Gasteiger partial charge in [-0.25, -0.2) is 0 Å². The quantitative estimate of drug-likeness (QED) is 0.654. The van der Waals surface area contributed by atoms with Gasteiger partial charge < -0.3 is 19.6 Å². The fourth-order valence-corrected chi connectivity index (χ4v) is 2.10. The largest absolute Gasteiger partial charge is 0.494 e. The molecule has 0 spiro atoms. The normalized spacial score (nSPS) is 10.3. The topological polar surface area (TPSA) is 88.8 Å². The predicted octanol–water partition coefficient (Wildman–Crippen LogP) is 2.77. The van der Waals surface area contributed by atoms with Gasteiger partial charge in [0.1, 0.15) is 5.75 Å². The van der Waals surface area contributed by atoms with Gasteiger partial charge in [-0.15, -0.1) is 0 Å². The fourth-order valence-electron chi connectivity index (χ4n) is 2.10. The van der Waals surface area contributed by atoms with Gasteiger partial charge in [-0.05, 0) is 42.2 Å². The van der Waals surface area contributed by atoms with Crippen LogP contribution in [0.5, 0.6) is 5.75 Å². The van der Waals surface area contributed by atoms with Gasteiger partial charge in [0.2, 0.25) is 5.91 Å². The smallest absolute Gasteiger partial charge is 0.303 e. The first-order chi connectivity index (χ1) is 11.6. The average molecular weight is 331 g/mol. The van der Waals surface area contributed by atoms with Crippen molar-refractivity contribution in [1.29, 1.82) is 0 Å². The number of carbonyl (C=O) groups is 2. The number of aliphatic carboxylic acids is 1. The number of carbonyl (C=O) groups excluding carboxylic acids is 1. The molecule has 0 radical (unpaired) electrons. The lowest BCUT2D eigenvalue weighted by molar-refractivity contribution is -0.137. The molecular weight excluding hydrogens is 310 g/mol. The molecule has 0 bridgehead atoms. The number of hydrogen-bond acceptors (Lipinski definition) is 4. The van der Waals surface area contributed by atoms with Crippen molar-refractivity contribution in [2.45, 2.75) is 32.2 Å². The van der Waals surface area contributed by atoms with Gasteiger partial charge in [0.05, 0.1) is 19.1 Å². The van der Waals surface area contributed by atoms with E-state index in [1.165, 1.54) is 0 Å². The van der Waals surface area contributed by atoms with Crippen molar-refractivity contribution in [3.05, 3.63) is 54.0 Å². The number of furan rings is 1. The van der Waals surface area contributed by atoms with E-state index in [4.69, 9.17) is 14.3 Å². The third kappa shape index (κ3) is 6.56. The van der Waals surface area contributed by atoms with Crippen LogP contribution >= 0.6 is 0 Å². The van der Waals surface area contributed by atoms with Crippen molar-refractivity contribution < 1.29 is 23.8 Å². The molecule has 0 fully saturated rings. The van der Waals surface area contributed by atoms with E-state index in [1.54, 1.807) is 12.5 Å². The van der Waals surface area contributed by atoms with Gasteiger partial charge in [-0.1, -0.05) is 12.1 Å². The monoisotopic (exact) mass is 331 g/mol. The van der Waals surface area contributed by atoms with Crippen LogP contribution in [0.1, 0.15) is 30.4 Å². The predicted molar refractivity (Wildman–Crippen MR) is 87.7 cm³/mol. The molecule has 0 atom stereocenters. The highest BCUT2D eigenvalue weighted by Gasteiger charge is 2.04. The van der Waals surface area contributed by atoms with Crippen LogP contribution in [0.3, 0.4) is 0 Å². The van der Waals surface area contributed by atoms with Gasteiger partial charge >= 0.3 is 5.97 Å². The number of carboxylic acid groups (broad SMARTS) is 1. The molecule has 1 aromatic heterocycles. The molecule has 0 unspecified atom stereocenters. The summed E-state index contributed by atoms with van der Waals surface area (Å²) in [5.41, 5.74) is 1.99. The Balaban J connectivity index is 1.65. The Kier molecular flexibility index (Phi) is 6.89. The summed E-state index contributed by atoms with van der Waals surface area (Å²) < 4.78 is 10.4. The first kappa shape index (κ1) is 17.6. The number of hydrogen-bond donors (Lipinski definition) is 2. The Bertz CT molecular complexity index is 634. The molecule has 1 heterocycles. The summed E-state index contributed by atoms with van der Waals surface area (Å²) in [6.07, 6.45) is 4.89. The number of amides is 1. The Labute approximate surface area is 140 Å². The van der Waals surface area contributed by atoms with Gasteiger partial charge in [-0.3, -0.25) is 9.59 Å². The van der Waals surface area contributed by atoms with E-state index in [-0.39, 0.29) is 12.3 Å². The second-order valence-electron chi connectivity index (χ2n) is 5.40. The van der Waals surface area contributed by atoms with Crippen LogP contribution in [0.4, 0.5) is 0 Å². The zero-order valence-electron chi connectivity index (χ0n) is 13.4. The van der Waals surface area contributed by atoms with E-state index >= 15 is 0 Å². The summed E-state index contributed by atoms with van der Waals surface area (Å²) in [5.74, 6) is -0.141. The van der Waals surface area contributed by atoms with Crippen molar-refractivity contribution in [2.75, 3.05) is 6.61 Å². The van der Waals surface area contributed by atoms with Crippen LogP contribution in [-0.4, -0.2) is 23.6 Å². The lowest BCUT2D eigenvalue weighted by Crippen LogP contribution is -2.22. The van der Waals surface area contributed by atoms with Gasteiger partial charge in [0, 0.05) is 19.4 Å². The molecule has 0 aliphatic rings. The highest BCUT2D eigenvalue weighted by Crippen LogP contribution is 2.13. The molecule has 0 aliphatic heterocycles. The van der Waals surface area contributed by atoms with E-state index in [0.29, 0.717) is 38.2 Å². The molecule has 0 saturated heterocycles. The second-order valence-corrected chi connectivity index (χ2v) is 5.40. The molecule has 0 aliphatic carbocycles. The summed E-state index contributed by atoms with van der Waals surface area (Å²) in [4.78, 5) is 22.2. The van der Waals surface area contributed by atoms with Crippen LogP contribution in [0.15, 0.2) is 47.3 Å². The third-order valence-electron chi connectivity index (χ3n) is 3.44. The van der Waals surface area contributed by atoms with Crippen molar-refractivity contribution in [3.63, 3.8) is 0 Å². The minimum Gasteiger partial charge on any atom is -0.494 e. The van der Waals surface area contributed by atoms with Crippen molar-refractivity contribution in [2.24, 2.45) is 0 Å². The van der Waals surface area contributed by atoms with E-state index in [0.717, 1.165) is 11.1 Å². The first-order valence-corrected chi connectivity index (χ1v) is 7.85. The Morgan fingerprint density at radius 3 is 2.54 bits per heavy atom. The van der Waals surface area contributed by atoms with Gasteiger partial charge in [-0.2, -0.15) is 0 Å². The van der Waals surface area contributed by atoms with E-state index < -0.39 is 5.97 Å². The summed E-state index contributed by atoms with van der Waals surface area (Å²) in [6.45, 7) is 0.833. The Morgan fingerprint density at radius 1 is 1.08 bits per heavy atom. The standard InChI is InChI=1S/C18H21NO5/c20-17(8-5-15-9-11-23-13-15)19-12-14-3-6-16(7-4-14)24-10-1-2-18(21)22/h3-4,6-7,9,11,13H,1-2,5,8,10,12H2,(H,19,20)(H,21,22). The molecule has 6 nitrogen and oxygen atoms in total. The summed E-state index contributed by atoms with van der Waals surface area (Å²) in [6, 6.07) is 9.23. The number of ether oxygens (including phenoxy) is 1. The maximum atomic E-state index is 11.8. The summed E-state index contributed by atoms with van der Waals surface area (Å²) >= 11 is 0. The molecule has 2 N–H and O–H groups in total. The SMILES string of the molecule is O=C(O)CCCOc1ccc(CNC(=O)CCc2ccoc2)cc1. The highest BCUT2D eigenvalue weighted by atomic mass is 16.5. The summed E-state index contributed by atoms with van der Waals surface area (Å²) in [7, 11) is 0. The van der Waals surface area contributed by atoms with Gasteiger partial charge in [0.25, 0.3) is 0 Å². The van der Waals surface area contributed by atoms with Crippen molar-refractivity contribution in [3.8, 4) is 5.75 Å². The fraction of sp³-hybridized carbons (Fsp3) is 0.333. The molecule has 1 aromatic carbocycles. The van der Waals surface area contributed by atoms with Gasteiger partial charge in [0.15, 0.2) is 0 Å². The van der Waals surface area contributed by atoms with Crippen LogP contribution < -0.4 is 10.1 Å². The zero-order chi connectivity index (χ0) is 17.2. The number of carboxylic acids is 1. The van der Waals surface area contributed by atoms with Crippen LogP contribution in [0, 0.1) is 0 Å². The molecule has 0 saturated carbocycles. The number of benzene rings is 1. The number of nitrogens with one attached hydrogen (secondary N) is 1.